The van der Waals surface area contributed by atoms with Gasteiger partial charge in [-0.2, -0.15) is 13.2 Å². The molecule has 10 heteroatoms. The average Bonchev–Trinajstić information content (AvgIpc) is 2.61. The van der Waals surface area contributed by atoms with Crippen molar-refractivity contribution in [2.75, 3.05) is 40.5 Å². The van der Waals surface area contributed by atoms with E-state index in [0.29, 0.717) is 32.3 Å². The largest absolute Gasteiger partial charge is 0.493 e. The van der Waals surface area contributed by atoms with Crippen LogP contribution in [0, 0.1) is 0 Å². The number of nitrogens with one attached hydrogen (secondary N) is 2. The molecule has 0 aromatic heterocycles. The molecule has 0 aliphatic heterocycles. The molecular formula is C17H27F3IN3O3. The van der Waals surface area contributed by atoms with Crippen molar-refractivity contribution in [3.05, 3.63) is 23.8 Å². The van der Waals surface area contributed by atoms with Crippen molar-refractivity contribution in [1.29, 1.82) is 0 Å². The molecule has 0 heterocycles. The minimum atomic E-state index is -4.40. The lowest BCUT2D eigenvalue weighted by Gasteiger charge is -2.15. The van der Waals surface area contributed by atoms with Crippen LogP contribution in [-0.2, 0) is 11.3 Å². The molecule has 0 bridgehead atoms. The third-order valence-corrected chi connectivity index (χ3v) is 3.26. The number of hydrogen-bond acceptors (Lipinski definition) is 4. The Morgan fingerprint density at radius 2 is 1.93 bits per heavy atom. The molecule has 1 aromatic rings. The first kappa shape index (κ1) is 25.6. The lowest BCUT2D eigenvalue weighted by molar-refractivity contribution is -0.153. The van der Waals surface area contributed by atoms with Gasteiger partial charge in [-0.25, -0.2) is 0 Å². The fraction of sp³-hybridized carbons (Fsp3) is 0.588. The Kier molecular flexibility index (Phi) is 13.0. The maximum atomic E-state index is 12.3. The summed E-state index contributed by atoms with van der Waals surface area (Å²) in [5.41, 5.74) is 0.818. The third-order valence-electron chi connectivity index (χ3n) is 3.26. The van der Waals surface area contributed by atoms with Gasteiger partial charge in [-0.3, -0.25) is 4.99 Å². The van der Waals surface area contributed by atoms with Gasteiger partial charge in [0.25, 0.3) is 0 Å². The molecule has 0 aliphatic rings. The van der Waals surface area contributed by atoms with E-state index in [1.807, 2.05) is 6.92 Å². The van der Waals surface area contributed by atoms with E-state index in [2.05, 4.69) is 15.6 Å². The van der Waals surface area contributed by atoms with Crippen molar-refractivity contribution in [2.45, 2.75) is 26.1 Å². The zero-order valence-electron chi connectivity index (χ0n) is 15.7. The van der Waals surface area contributed by atoms with Gasteiger partial charge in [0.2, 0.25) is 0 Å². The van der Waals surface area contributed by atoms with Crippen molar-refractivity contribution in [3.8, 4) is 11.5 Å². The summed E-state index contributed by atoms with van der Waals surface area (Å²) in [5.74, 6) is 0.915. The molecule has 156 valence electrons. The molecule has 0 saturated heterocycles. The SMILES string of the molecule is CCOCCCNC(=NC)NCc1ccc(OCC(F)(F)F)c(OC)c1.I. The fourth-order valence-corrected chi connectivity index (χ4v) is 2.03. The maximum absolute atomic E-state index is 12.3. The maximum Gasteiger partial charge on any atom is 0.422 e. The molecule has 0 spiro atoms. The van der Waals surface area contributed by atoms with E-state index >= 15 is 0 Å². The van der Waals surface area contributed by atoms with Crippen LogP contribution in [0.5, 0.6) is 11.5 Å². The van der Waals surface area contributed by atoms with Crippen LogP contribution >= 0.6 is 24.0 Å². The van der Waals surface area contributed by atoms with Crippen LogP contribution in [-0.4, -0.2) is 52.7 Å². The van der Waals surface area contributed by atoms with E-state index < -0.39 is 12.8 Å². The van der Waals surface area contributed by atoms with Crippen molar-refractivity contribution in [1.82, 2.24) is 10.6 Å². The zero-order chi connectivity index (χ0) is 19.4. The van der Waals surface area contributed by atoms with Crippen LogP contribution in [0.25, 0.3) is 0 Å². The Bertz CT molecular complexity index is 572. The first-order valence-electron chi connectivity index (χ1n) is 8.28. The van der Waals surface area contributed by atoms with Crippen molar-refractivity contribution >= 4 is 29.9 Å². The van der Waals surface area contributed by atoms with Gasteiger partial charge in [-0.1, -0.05) is 6.07 Å². The highest BCUT2D eigenvalue weighted by Crippen LogP contribution is 2.29. The van der Waals surface area contributed by atoms with Gasteiger partial charge in [0.1, 0.15) is 0 Å². The van der Waals surface area contributed by atoms with Gasteiger partial charge in [0, 0.05) is 33.4 Å². The van der Waals surface area contributed by atoms with Crippen LogP contribution in [0.2, 0.25) is 0 Å². The van der Waals surface area contributed by atoms with Crippen molar-refractivity contribution in [2.24, 2.45) is 4.99 Å². The van der Waals surface area contributed by atoms with E-state index in [-0.39, 0.29) is 35.5 Å². The summed E-state index contributed by atoms with van der Waals surface area (Å²) < 4.78 is 51.9. The van der Waals surface area contributed by atoms with Gasteiger partial charge >= 0.3 is 6.18 Å². The lowest BCUT2D eigenvalue weighted by atomic mass is 10.2. The van der Waals surface area contributed by atoms with E-state index in [9.17, 15) is 13.2 Å². The van der Waals surface area contributed by atoms with Crippen LogP contribution in [0.3, 0.4) is 0 Å². The standard InChI is InChI=1S/C17H26F3N3O3.HI/c1-4-25-9-5-8-22-16(21-2)23-11-13-6-7-14(15(10-13)24-3)26-12-17(18,19)20;/h6-7,10H,4-5,8-9,11-12H2,1-3H3,(H2,21,22,23);1H. The van der Waals surface area contributed by atoms with Crippen LogP contribution in [0.1, 0.15) is 18.9 Å². The number of methoxy groups -OCH3 is 1. The average molecular weight is 505 g/mol. The summed E-state index contributed by atoms with van der Waals surface area (Å²) >= 11 is 0. The number of benzene rings is 1. The summed E-state index contributed by atoms with van der Waals surface area (Å²) in [6.07, 6.45) is -3.54. The summed E-state index contributed by atoms with van der Waals surface area (Å²) in [4.78, 5) is 4.11. The predicted molar refractivity (Wildman–Crippen MR) is 109 cm³/mol. The Hall–Kier alpha value is -1.43. The quantitative estimate of drug-likeness (QED) is 0.221. The summed E-state index contributed by atoms with van der Waals surface area (Å²) in [7, 11) is 3.04. The zero-order valence-corrected chi connectivity index (χ0v) is 18.0. The number of halogens is 4. The molecule has 2 N–H and O–H groups in total. The summed E-state index contributed by atoms with van der Waals surface area (Å²) in [5, 5.41) is 6.28. The molecule has 0 amide bonds. The molecular weight excluding hydrogens is 478 g/mol. The molecule has 0 saturated carbocycles. The Labute approximate surface area is 174 Å². The number of aliphatic imine (C=N–C) groups is 1. The van der Waals surface area contributed by atoms with Crippen LogP contribution < -0.4 is 20.1 Å². The van der Waals surface area contributed by atoms with E-state index in [0.717, 1.165) is 12.0 Å². The van der Waals surface area contributed by atoms with Crippen molar-refractivity contribution < 1.29 is 27.4 Å². The second kappa shape index (κ2) is 13.7. The molecule has 27 heavy (non-hydrogen) atoms. The highest BCUT2D eigenvalue weighted by Gasteiger charge is 2.29. The number of nitrogens with zero attached hydrogens (tertiary/aromatic N) is 1. The smallest absolute Gasteiger partial charge is 0.422 e. The van der Waals surface area contributed by atoms with Gasteiger partial charge in [0.15, 0.2) is 24.1 Å². The van der Waals surface area contributed by atoms with Crippen LogP contribution in [0.4, 0.5) is 13.2 Å². The molecule has 0 radical (unpaired) electrons. The summed E-state index contributed by atoms with van der Waals surface area (Å²) in [6.45, 7) is 3.10. The first-order chi connectivity index (χ1) is 12.4. The monoisotopic (exact) mass is 505 g/mol. The highest BCUT2D eigenvalue weighted by molar-refractivity contribution is 14.0. The highest BCUT2D eigenvalue weighted by atomic mass is 127. The van der Waals surface area contributed by atoms with Gasteiger partial charge in [-0.15, -0.1) is 24.0 Å². The number of alkyl halides is 3. The van der Waals surface area contributed by atoms with Gasteiger partial charge < -0.3 is 24.8 Å². The molecule has 6 nitrogen and oxygen atoms in total. The number of rotatable bonds is 10. The number of hydrogen-bond donors (Lipinski definition) is 2. The lowest BCUT2D eigenvalue weighted by Crippen LogP contribution is -2.37. The summed E-state index contributed by atoms with van der Waals surface area (Å²) in [6, 6.07) is 4.75. The molecule has 1 rings (SSSR count). The topological polar surface area (TPSA) is 64.1 Å². The molecule has 1 aromatic carbocycles. The van der Waals surface area contributed by atoms with Gasteiger partial charge in [0.05, 0.1) is 7.11 Å². The Morgan fingerprint density at radius 3 is 2.52 bits per heavy atom. The molecule has 0 fully saturated rings. The second-order valence-corrected chi connectivity index (χ2v) is 5.29. The fourth-order valence-electron chi connectivity index (χ4n) is 2.03. The van der Waals surface area contributed by atoms with E-state index in [1.165, 1.54) is 13.2 Å². The van der Waals surface area contributed by atoms with Crippen LogP contribution in [0.15, 0.2) is 23.2 Å². The normalized spacial score (nSPS) is 11.6. The third kappa shape index (κ3) is 11.1. The molecule has 0 aliphatic carbocycles. The molecule has 0 unspecified atom stereocenters. The molecule has 0 atom stereocenters. The second-order valence-electron chi connectivity index (χ2n) is 5.29. The minimum Gasteiger partial charge on any atom is -0.493 e. The van der Waals surface area contributed by atoms with E-state index in [1.54, 1.807) is 19.2 Å². The number of guanidine groups is 1. The van der Waals surface area contributed by atoms with Crippen molar-refractivity contribution in [3.63, 3.8) is 0 Å². The minimum absolute atomic E-state index is 0. The van der Waals surface area contributed by atoms with Gasteiger partial charge in [-0.05, 0) is 31.0 Å². The Morgan fingerprint density at radius 1 is 1.19 bits per heavy atom. The number of ether oxygens (including phenoxy) is 3. The van der Waals surface area contributed by atoms with E-state index in [4.69, 9.17) is 14.2 Å². The Balaban J connectivity index is 0.00000676. The predicted octanol–water partition coefficient (Wildman–Crippen LogP) is 3.35. The first-order valence-corrected chi connectivity index (χ1v) is 8.28.